The van der Waals surface area contributed by atoms with Crippen LogP contribution in [0.1, 0.15) is 34.8 Å². The zero-order valence-electron chi connectivity index (χ0n) is 14.6. The van der Waals surface area contributed by atoms with Crippen molar-refractivity contribution in [3.8, 4) is 0 Å². The van der Waals surface area contributed by atoms with Gasteiger partial charge in [-0.15, -0.1) is 0 Å². The molecule has 0 aromatic heterocycles. The second kappa shape index (κ2) is 10.1. The third kappa shape index (κ3) is 7.96. The maximum absolute atomic E-state index is 12.0. The largest absolute Gasteiger partial charge is 0.454 e. The van der Waals surface area contributed by atoms with E-state index >= 15 is 0 Å². The Hall–Kier alpha value is -2.90. The Bertz CT molecular complexity index is 637. The third-order valence-corrected chi connectivity index (χ3v) is 3.03. The lowest BCUT2D eigenvalue weighted by Gasteiger charge is -2.08. The number of aryl methyl sites for hydroxylation is 2. The van der Waals surface area contributed by atoms with E-state index < -0.39 is 30.4 Å². The van der Waals surface area contributed by atoms with Crippen LogP contribution in [0.25, 0.3) is 0 Å². The lowest BCUT2D eigenvalue weighted by Crippen LogP contribution is -2.42. The Morgan fingerprint density at radius 2 is 1.64 bits per heavy atom. The van der Waals surface area contributed by atoms with Crippen molar-refractivity contribution in [3.05, 3.63) is 34.9 Å². The van der Waals surface area contributed by atoms with Crippen LogP contribution in [-0.2, 0) is 14.3 Å². The highest BCUT2D eigenvalue weighted by atomic mass is 16.5. The molecule has 0 radical (unpaired) electrons. The summed E-state index contributed by atoms with van der Waals surface area (Å²) >= 11 is 0. The van der Waals surface area contributed by atoms with Crippen molar-refractivity contribution in [2.45, 2.75) is 27.2 Å². The topological polar surface area (TPSA) is 114 Å². The number of amides is 4. The van der Waals surface area contributed by atoms with Crippen LogP contribution in [0.2, 0.25) is 0 Å². The molecule has 8 nitrogen and oxygen atoms in total. The van der Waals surface area contributed by atoms with E-state index in [9.17, 15) is 19.2 Å². The fourth-order valence-corrected chi connectivity index (χ4v) is 2.00. The van der Waals surface area contributed by atoms with Crippen LogP contribution in [0.3, 0.4) is 0 Å². The monoisotopic (exact) mass is 349 g/mol. The van der Waals surface area contributed by atoms with Crippen molar-refractivity contribution in [2.24, 2.45) is 0 Å². The number of benzene rings is 1. The van der Waals surface area contributed by atoms with Gasteiger partial charge in [-0.25, -0.2) is 4.79 Å². The number of urea groups is 1. The Morgan fingerprint density at radius 3 is 2.24 bits per heavy atom. The zero-order chi connectivity index (χ0) is 18.8. The van der Waals surface area contributed by atoms with Gasteiger partial charge in [0.05, 0.1) is 0 Å². The highest BCUT2D eigenvalue weighted by molar-refractivity contribution is 5.97. The molecular weight excluding hydrogens is 326 g/mol. The molecule has 0 bridgehead atoms. The first-order valence-electron chi connectivity index (χ1n) is 7.91. The maximum atomic E-state index is 12.0. The summed E-state index contributed by atoms with van der Waals surface area (Å²) < 4.78 is 4.70. The Morgan fingerprint density at radius 1 is 1.00 bits per heavy atom. The van der Waals surface area contributed by atoms with Crippen molar-refractivity contribution in [2.75, 3.05) is 19.7 Å². The fraction of sp³-hybridized carbons (Fsp3) is 0.412. The normalized spacial score (nSPS) is 9.88. The van der Waals surface area contributed by atoms with Gasteiger partial charge in [0, 0.05) is 12.1 Å². The average molecular weight is 349 g/mol. The maximum Gasteiger partial charge on any atom is 0.325 e. The molecule has 0 aliphatic heterocycles. The summed E-state index contributed by atoms with van der Waals surface area (Å²) in [5.41, 5.74) is 2.31. The van der Waals surface area contributed by atoms with E-state index in [1.165, 1.54) is 0 Å². The van der Waals surface area contributed by atoms with Gasteiger partial charge in [0.2, 0.25) is 0 Å². The first kappa shape index (κ1) is 20.1. The molecule has 1 aromatic rings. The standard InChI is InChI=1S/C17H23N3O5/c1-4-5-18-17(24)20-14(21)10-25-15(22)9-19-16(23)13-7-11(2)6-12(3)8-13/h6-8H,4-5,9-10H2,1-3H3,(H,19,23)(H2,18,20,21,24). The Balaban J connectivity index is 2.33. The Labute approximate surface area is 146 Å². The molecule has 0 aliphatic rings. The van der Waals surface area contributed by atoms with Crippen LogP contribution in [-0.4, -0.2) is 43.5 Å². The van der Waals surface area contributed by atoms with Crippen LogP contribution in [0.15, 0.2) is 18.2 Å². The smallest absolute Gasteiger partial charge is 0.325 e. The third-order valence-electron chi connectivity index (χ3n) is 3.03. The van der Waals surface area contributed by atoms with E-state index in [1.54, 1.807) is 12.1 Å². The molecular formula is C17H23N3O5. The minimum atomic E-state index is -0.776. The van der Waals surface area contributed by atoms with Crippen molar-refractivity contribution in [1.29, 1.82) is 0 Å². The quantitative estimate of drug-likeness (QED) is 0.631. The Kier molecular flexibility index (Phi) is 8.11. The predicted molar refractivity (Wildman–Crippen MR) is 91.0 cm³/mol. The van der Waals surface area contributed by atoms with Crippen LogP contribution < -0.4 is 16.0 Å². The second-order valence-corrected chi connectivity index (χ2v) is 5.52. The number of ether oxygens (including phenoxy) is 1. The predicted octanol–water partition coefficient (Wildman–Crippen LogP) is 0.812. The molecule has 4 amide bonds. The van der Waals surface area contributed by atoms with Crippen molar-refractivity contribution in [3.63, 3.8) is 0 Å². The van der Waals surface area contributed by atoms with E-state index in [4.69, 9.17) is 4.74 Å². The van der Waals surface area contributed by atoms with Gasteiger partial charge in [-0.3, -0.25) is 19.7 Å². The van der Waals surface area contributed by atoms with E-state index in [-0.39, 0.29) is 6.54 Å². The van der Waals surface area contributed by atoms with E-state index in [0.717, 1.165) is 17.5 Å². The molecule has 0 atom stereocenters. The van der Waals surface area contributed by atoms with E-state index in [0.29, 0.717) is 12.1 Å². The molecule has 3 N–H and O–H groups in total. The first-order chi connectivity index (χ1) is 11.8. The molecule has 8 heteroatoms. The molecule has 0 unspecified atom stereocenters. The summed E-state index contributed by atoms with van der Waals surface area (Å²) in [5, 5.41) is 6.89. The summed E-state index contributed by atoms with van der Waals surface area (Å²) in [4.78, 5) is 46.2. The molecule has 1 aromatic carbocycles. The van der Waals surface area contributed by atoms with Crippen LogP contribution in [0.4, 0.5) is 4.79 Å². The van der Waals surface area contributed by atoms with Gasteiger partial charge in [-0.05, 0) is 32.4 Å². The molecule has 0 saturated heterocycles. The van der Waals surface area contributed by atoms with Crippen LogP contribution in [0.5, 0.6) is 0 Å². The van der Waals surface area contributed by atoms with Gasteiger partial charge in [0.25, 0.3) is 11.8 Å². The van der Waals surface area contributed by atoms with Gasteiger partial charge in [-0.1, -0.05) is 24.1 Å². The number of carbonyl (C=O) groups excluding carboxylic acids is 4. The minimum absolute atomic E-state index is 0.374. The number of nitrogens with one attached hydrogen (secondary N) is 3. The molecule has 136 valence electrons. The highest BCUT2D eigenvalue weighted by Gasteiger charge is 2.12. The zero-order valence-corrected chi connectivity index (χ0v) is 14.6. The molecule has 0 saturated carbocycles. The van der Waals surface area contributed by atoms with Gasteiger partial charge < -0.3 is 15.4 Å². The number of hydrogen-bond acceptors (Lipinski definition) is 5. The summed E-state index contributed by atoms with van der Waals surface area (Å²) in [6.45, 7) is 5.07. The summed E-state index contributed by atoms with van der Waals surface area (Å²) in [6, 6.07) is 4.69. The second-order valence-electron chi connectivity index (χ2n) is 5.52. The van der Waals surface area contributed by atoms with Gasteiger partial charge in [0.15, 0.2) is 6.61 Å². The summed E-state index contributed by atoms with van der Waals surface area (Å²) in [6.07, 6.45) is 0.733. The first-order valence-corrected chi connectivity index (χ1v) is 7.91. The molecule has 1 rings (SSSR count). The summed E-state index contributed by atoms with van der Waals surface area (Å²) in [7, 11) is 0. The number of hydrogen-bond donors (Lipinski definition) is 3. The molecule has 25 heavy (non-hydrogen) atoms. The number of rotatable bonds is 7. The number of carbonyl (C=O) groups is 4. The molecule has 0 aliphatic carbocycles. The van der Waals surface area contributed by atoms with Gasteiger partial charge in [-0.2, -0.15) is 0 Å². The van der Waals surface area contributed by atoms with Crippen LogP contribution in [0, 0.1) is 13.8 Å². The number of esters is 1. The van der Waals surface area contributed by atoms with Crippen molar-refractivity contribution in [1.82, 2.24) is 16.0 Å². The number of imide groups is 1. The average Bonchev–Trinajstić information content (AvgIpc) is 2.55. The van der Waals surface area contributed by atoms with E-state index in [1.807, 2.05) is 32.2 Å². The molecule has 0 spiro atoms. The SMILES string of the molecule is CCCNC(=O)NC(=O)COC(=O)CNC(=O)c1cc(C)cc(C)c1. The van der Waals surface area contributed by atoms with Crippen molar-refractivity contribution < 1.29 is 23.9 Å². The lowest BCUT2D eigenvalue weighted by atomic mass is 10.1. The summed E-state index contributed by atoms with van der Waals surface area (Å²) in [5.74, 6) is -1.93. The molecule has 0 fully saturated rings. The van der Waals surface area contributed by atoms with Gasteiger partial charge in [0.1, 0.15) is 6.54 Å². The van der Waals surface area contributed by atoms with Crippen molar-refractivity contribution >= 4 is 23.8 Å². The van der Waals surface area contributed by atoms with E-state index in [2.05, 4.69) is 10.6 Å². The highest BCUT2D eigenvalue weighted by Crippen LogP contribution is 2.08. The van der Waals surface area contributed by atoms with Gasteiger partial charge >= 0.3 is 12.0 Å². The lowest BCUT2D eigenvalue weighted by molar-refractivity contribution is -0.147. The fourth-order valence-electron chi connectivity index (χ4n) is 2.00. The minimum Gasteiger partial charge on any atom is -0.454 e. The molecule has 0 heterocycles. The van der Waals surface area contributed by atoms with Crippen LogP contribution >= 0.6 is 0 Å².